The van der Waals surface area contributed by atoms with Crippen molar-refractivity contribution in [3.63, 3.8) is 0 Å². The maximum Gasteiger partial charge on any atom is 0.433 e. The van der Waals surface area contributed by atoms with Gasteiger partial charge in [-0.2, -0.15) is 13.2 Å². The summed E-state index contributed by atoms with van der Waals surface area (Å²) in [6, 6.07) is 6.53. The van der Waals surface area contributed by atoms with Gasteiger partial charge in [0.05, 0.1) is 4.88 Å². The van der Waals surface area contributed by atoms with Gasteiger partial charge in [0.1, 0.15) is 10.7 Å². The van der Waals surface area contributed by atoms with E-state index in [1.807, 2.05) is 31.3 Å². The Morgan fingerprint density at radius 3 is 2.79 bits per heavy atom. The third kappa shape index (κ3) is 5.73. The number of anilines is 2. The Labute approximate surface area is 200 Å². The lowest BCUT2D eigenvalue weighted by Crippen LogP contribution is -2.51. The van der Waals surface area contributed by atoms with Crippen LogP contribution in [0.15, 0.2) is 36.7 Å². The van der Waals surface area contributed by atoms with Crippen molar-refractivity contribution in [1.82, 2.24) is 20.3 Å². The minimum Gasteiger partial charge on any atom is -0.396 e. The van der Waals surface area contributed by atoms with E-state index >= 15 is 0 Å². The molecule has 0 spiro atoms. The zero-order valence-corrected chi connectivity index (χ0v) is 19.9. The van der Waals surface area contributed by atoms with E-state index in [0.717, 1.165) is 59.0 Å². The molecule has 2 atom stereocenters. The third-order valence-electron chi connectivity index (χ3n) is 6.38. The van der Waals surface area contributed by atoms with Crippen LogP contribution in [0.5, 0.6) is 0 Å². The first-order chi connectivity index (χ1) is 16.2. The molecule has 0 aliphatic heterocycles. The van der Waals surface area contributed by atoms with Crippen LogP contribution in [0.2, 0.25) is 0 Å². The topological polar surface area (TPSA) is 83.0 Å². The minimum atomic E-state index is -4.53. The lowest BCUT2D eigenvalue weighted by atomic mass is 9.74. The van der Waals surface area contributed by atoms with Crippen molar-refractivity contribution in [1.29, 1.82) is 0 Å². The van der Waals surface area contributed by atoms with Gasteiger partial charge >= 0.3 is 6.18 Å². The highest BCUT2D eigenvalue weighted by Gasteiger charge is 2.35. The van der Waals surface area contributed by atoms with E-state index < -0.39 is 11.9 Å². The molecule has 2 unspecified atom stereocenters. The normalized spacial score (nSPS) is 20.9. The highest BCUT2D eigenvalue weighted by atomic mass is 32.1. The first-order valence-corrected chi connectivity index (χ1v) is 12.1. The van der Waals surface area contributed by atoms with Gasteiger partial charge in [-0.25, -0.2) is 15.0 Å². The number of alkyl halides is 3. The number of thiazole rings is 1. The molecule has 1 aliphatic carbocycles. The van der Waals surface area contributed by atoms with E-state index in [1.165, 1.54) is 0 Å². The second kappa shape index (κ2) is 9.97. The number of aliphatic hydroxyl groups is 1. The number of hydrogen-bond donors (Lipinski definition) is 3. The van der Waals surface area contributed by atoms with Crippen LogP contribution in [0.4, 0.5) is 24.8 Å². The fourth-order valence-corrected chi connectivity index (χ4v) is 5.28. The third-order valence-corrected chi connectivity index (χ3v) is 7.43. The minimum absolute atomic E-state index is 0.107. The smallest absolute Gasteiger partial charge is 0.396 e. The average molecular weight is 492 g/mol. The van der Waals surface area contributed by atoms with E-state index in [1.54, 1.807) is 11.3 Å². The predicted octanol–water partition coefficient (Wildman–Crippen LogP) is 5.70. The quantitative estimate of drug-likeness (QED) is 0.393. The molecule has 0 bridgehead atoms. The molecule has 34 heavy (non-hydrogen) atoms. The van der Waals surface area contributed by atoms with Crippen LogP contribution in [0.1, 0.15) is 48.9 Å². The van der Waals surface area contributed by atoms with Gasteiger partial charge in [0.25, 0.3) is 0 Å². The number of nitrogens with one attached hydrogen (secondary N) is 2. The number of halogens is 3. The zero-order chi connectivity index (χ0) is 24.3. The van der Waals surface area contributed by atoms with Gasteiger partial charge in [-0.15, -0.1) is 11.3 Å². The number of aliphatic hydroxyl groups excluding tert-OH is 1. The van der Waals surface area contributed by atoms with Crippen molar-refractivity contribution in [2.75, 3.05) is 11.9 Å². The number of aromatic nitrogens is 3. The number of aryl methyl sites for hydroxylation is 1. The first kappa shape index (κ1) is 24.6. The summed E-state index contributed by atoms with van der Waals surface area (Å²) in [6.07, 6.45) is 2.73. The first-order valence-electron chi connectivity index (χ1n) is 11.3. The Hall–Kier alpha value is -2.56. The van der Waals surface area contributed by atoms with Gasteiger partial charge in [-0.3, -0.25) is 0 Å². The summed E-state index contributed by atoms with van der Waals surface area (Å²) < 4.78 is 38.9. The number of nitrogens with zero attached hydrogens (tertiary/aromatic N) is 3. The van der Waals surface area contributed by atoms with Crippen LogP contribution >= 0.6 is 11.3 Å². The molecule has 1 saturated carbocycles. The van der Waals surface area contributed by atoms with E-state index in [-0.39, 0.29) is 24.0 Å². The summed E-state index contributed by atoms with van der Waals surface area (Å²) in [4.78, 5) is 13.0. The van der Waals surface area contributed by atoms with Crippen LogP contribution in [0.25, 0.3) is 10.4 Å². The summed E-state index contributed by atoms with van der Waals surface area (Å²) in [5.41, 5.74) is 1.36. The molecule has 10 heteroatoms. The Morgan fingerprint density at radius 2 is 2.03 bits per heavy atom. The summed E-state index contributed by atoms with van der Waals surface area (Å²) >= 11 is 1.57. The van der Waals surface area contributed by atoms with Gasteiger partial charge < -0.3 is 15.7 Å². The summed E-state index contributed by atoms with van der Waals surface area (Å²) in [5, 5.41) is 17.2. The highest BCUT2D eigenvalue weighted by molar-refractivity contribution is 7.15. The Bertz CT molecular complexity index is 1140. The van der Waals surface area contributed by atoms with Crippen molar-refractivity contribution < 1.29 is 18.3 Å². The maximum absolute atomic E-state index is 13.0. The molecule has 1 fully saturated rings. The molecule has 0 saturated heterocycles. The molecule has 3 N–H and O–H groups in total. The van der Waals surface area contributed by atoms with Gasteiger partial charge in [0.15, 0.2) is 0 Å². The number of hydrogen-bond acceptors (Lipinski definition) is 7. The van der Waals surface area contributed by atoms with Gasteiger partial charge in [-0.1, -0.05) is 18.9 Å². The molecule has 0 amide bonds. The van der Waals surface area contributed by atoms with Crippen LogP contribution in [-0.2, 0) is 12.7 Å². The lowest BCUT2D eigenvalue weighted by molar-refractivity contribution is -0.141. The molecule has 4 rings (SSSR count). The van der Waals surface area contributed by atoms with Crippen LogP contribution in [0, 0.1) is 12.8 Å². The summed E-state index contributed by atoms with van der Waals surface area (Å²) in [5.74, 6) is 0.129. The highest BCUT2D eigenvalue weighted by Crippen LogP contribution is 2.35. The largest absolute Gasteiger partial charge is 0.433 e. The lowest BCUT2D eigenvalue weighted by Gasteiger charge is -2.41. The van der Waals surface area contributed by atoms with Crippen molar-refractivity contribution >= 4 is 23.0 Å². The van der Waals surface area contributed by atoms with Crippen molar-refractivity contribution in [3.05, 3.63) is 52.9 Å². The van der Waals surface area contributed by atoms with E-state index in [2.05, 4.69) is 32.5 Å². The SMILES string of the molecule is Cc1cc(Nc2nccc(C(F)(F)F)n2)cc(-c2cnc(CNC3(C)CCCCC3CO)s2)c1. The Morgan fingerprint density at radius 1 is 1.21 bits per heavy atom. The fraction of sp³-hybridized carbons (Fsp3) is 0.458. The molecule has 2 heterocycles. The maximum atomic E-state index is 13.0. The van der Waals surface area contributed by atoms with Crippen molar-refractivity contribution in [2.24, 2.45) is 5.92 Å². The van der Waals surface area contributed by atoms with E-state index in [0.29, 0.717) is 12.2 Å². The van der Waals surface area contributed by atoms with Crippen molar-refractivity contribution in [3.8, 4) is 10.4 Å². The molecule has 2 aromatic heterocycles. The molecule has 3 aromatic rings. The fourth-order valence-electron chi connectivity index (χ4n) is 4.44. The van der Waals surface area contributed by atoms with E-state index in [9.17, 15) is 18.3 Å². The van der Waals surface area contributed by atoms with Crippen LogP contribution < -0.4 is 10.6 Å². The molecular weight excluding hydrogens is 463 g/mol. The molecule has 1 aliphatic rings. The van der Waals surface area contributed by atoms with Gasteiger partial charge in [-0.05, 0) is 61.9 Å². The standard InChI is InChI=1S/C24H28F3N5OS/c1-15-9-16(11-18(10-15)31-22-28-8-6-20(32-22)24(25,26)27)19-12-29-21(34-19)13-30-23(2)7-4-3-5-17(23)14-33/h6,8-12,17,30,33H,3-5,7,13-14H2,1-2H3,(H,28,31,32). The Balaban J connectivity index is 1.48. The molecular formula is C24H28F3N5OS. The average Bonchev–Trinajstić information content (AvgIpc) is 3.27. The molecule has 1 aromatic carbocycles. The monoisotopic (exact) mass is 491 g/mol. The van der Waals surface area contributed by atoms with Crippen LogP contribution in [0.3, 0.4) is 0 Å². The second-order valence-electron chi connectivity index (χ2n) is 8.99. The molecule has 182 valence electrons. The Kier molecular flexibility index (Phi) is 7.20. The predicted molar refractivity (Wildman–Crippen MR) is 127 cm³/mol. The summed E-state index contributed by atoms with van der Waals surface area (Å²) in [6.45, 7) is 4.90. The zero-order valence-electron chi connectivity index (χ0n) is 19.1. The second-order valence-corrected chi connectivity index (χ2v) is 10.1. The van der Waals surface area contributed by atoms with Gasteiger partial charge in [0, 0.05) is 36.8 Å². The molecule has 6 nitrogen and oxygen atoms in total. The van der Waals surface area contributed by atoms with Crippen LogP contribution in [-0.4, -0.2) is 32.2 Å². The molecule has 0 radical (unpaired) electrons. The van der Waals surface area contributed by atoms with Crippen molar-refractivity contribution in [2.45, 2.75) is 57.8 Å². The number of benzene rings is 1. The van der Waals surface area contributed by atoms with E-state index in [4.69, 9.17) is 0 Å². The van der Waals surface area contributed by atoms with Gasteiger partial charge in [0.2, 0.25) is 5.95 Å². The summed E-state index contributed by atoms with van der Waals surface area (Å²) in [7, 11) is 0. The number of rotatable bonds is 7.